The smallest absolute Gasteiger partial charge is 0.231 e. The van der Waals surface area contributed by atoms with Gasteiger partial charge in [0, 0.05) is 20.2 Å². The number of hydrogen-bond acceptors (Lipinski definition) is 7. The summed E-state index contributed by atoms with van der Waals surface area (Å²) in [7, 11) is 1.69. The highest BCUT2D eigenvalue weighted by Crippen LogP contribution is 2.13. The molecule has 0 aliphatic heterocycles. The van der Waals surface area contributed by atoms with E-state index in [9.17, 15) is 0 Å². The monoisotopic (exact) mass is 282 g/mol. The van der Waals surface area contributed by atoms with E-state index in [2.05, 4.69) is 41.0 Å². The van der Waals surface area contributed by atoms with Crippen LogP contribution in [0.5, 0.6) is 0 Å². The average Bonchev–Trinajstić information content (AvgIpc) is 2.40. The highest BCUT2D eigenvalue weighted by Gasteiger charge is 2.13. The van der Waals surface area contributed by atoms with Gasteiger partial charge < -0.3 is 20.7 Å². The molecule has 7 nitrogen and oxygen atoms in total. The summed E-state index contributed by atoms with van der Waals surface area (Å²) in [6.07, 6.45) is 2.05. The summed E-state index contributed by atoms with van der Waals surface area (Å²) < 4.78 is 5.20. The van der Waals surface area contributed by atoms with Crippen molar-refractivity contribution >= 4 is 17.8 Å². The first-order valence-electron chi connectivity index (χ1n) is 7.16. The number of ether oxygens (including phenoxy) is 1. The van der Waals surface area contributed by atoms with Crippen molar-refractivity contribution in [2.45, 2.75) is 39.7 Å². The third kappa shape index (κ3) is 4.80. The van der Waals surface area contributed by atoms with Gasteiger partial charge in [0.25, 0.3) is 0 Å². The van der Waals surface area contributed by atoms with E-state index in [4.69, 9.17) is 10.5 Å². The molecule has 0 amide bonds. The lowest BCUT2D eigenvalue weighted by molar-refractivity contribution is 0.182. The Labute approximate surface area is 121 Å². The first-order valence-corrected chi connectivity index (χ1v) is 7.16. The SMILES string of the molecule is CCCC(COC)Nc1nc(N)nc(N(CC)CC)n1. The first kappa shape index (κ1) is 16.4. The summed E-state index contributed by atoms with van der Waals surface area (Å²) in [4.78, 5) is 14.8. The molecule has 0 spiro atoms. The molecule has 114 valence electrons. The van der Waals surface area contributed by atoms with Crippen LogP contribution in [0.15, 0.2) is 0 Å². The van der Waals surface area contributed by atoms with Gasteiger partial charge in [-0.3, -0.25) is 0 Å². The average molecular weight is 282 g/mol. The molecule has 1 aromatic heterocycles. The maximum atomic E-state index is 5.77. The van der Waals surface area contributed by atoms with E-state index in [0.29, 0.717) is 18.5 Å². The number of nitrogens with zero attached hydrogens (tertiary/aromatic N) is 4. The fraction of sp³-hybridized carbons (Fsp3) is 0.769. The van der Waals surface area contributed by atoms with E-state index in [1.165, 1.54) is 0 Å². The van der Waals surface area contributed by atoms with E-state index in [1.807, 2.05) is 4.90 Å². The molecule has 0 saturated carbocycles. The predicted molar refractivity (Wildman–Crippen MR) is 82.0 cm³/mol. The van der Waals surface area contributed by atoms with Gasteiger partial charge in [0.15, 0.2) is 0 Å². The molecule has 0 bridgehead atoms. The maximum Gasteiger partial charge on any atom is 0.231 e. The molecule has 0 aliphatic rings. The molecule has 0 saturated heterocycles. The zero-order valence-corrected chi connectivity index (χ0v) is 12.9. The van der Waals surface area contributed by atoms with Crippen molar-refractivity contribution in [3.8, 4) is 0 Å². The Morgan fingerprint density at radius 2 is 1.90 bits per heavy atom. The molecule has 0 fully saturated rings. The van der Waals surface area contributed by atoms with Crippen LogP contribution in [0.3, 0.4) is 0 Å². The second-order valence-corrected chi connectivity index (χ2v) is 4.57. The lowest BCUT2D eigenvalue weighted by Gasteiger charge is -2.21. The zero-order chi connectivity index (χ0) is 15.0. The van der Waals surface area contributed by atoms with Crippen LogP contribution in [-0.4, -0.2) is 47.8 Å². The Balaban J connectivity index is 2.88. The molecule has 1 atom stereocenters. The highest BCUT2D eigenvalue weighted by atomic mass is 16.5. The van der Waals surface area contributed by atoms with Crippen LogP contribution in [0.4, 0.5) is 17.8 Å². The number of anilines is 3. The Kier molecular flexibility index (Phi) is 7.00. The molecule has 1 heterocycles. The summed E-state index contributed by atoms with van der Waals surface area (Å²) in [6, 6.07) is 0.177. The summed E-state index contributed by atoms with van der Waals surface area (Å²) in [5, 5.41) is 3.27. The topological polar surface area (TPSA) is 89.2 Å². The number of nitrogens with one attached hydrogen (secondary N) is 1. The second-order valence-electron chi connectivity index (χ2n) is 4.57. The van der Waals surface area contributed by atoms with E-state index in [-0.39, 0.29) is 12.0 Å². The number of hydrogen-bond donors (Lipinski definition) is 2. The van der Waals surface area contributed by atoms with Gasteiger partial charge in [0.05, 0.1) is 12.6 Å². The predicted octanol–water partition coefficient (Wildman–Crippen LogP) is 1.53. The largest absolute Gasteiger partial charge is 0.383 e. The lowest BCUT2D eigenvalue weighted by atomic mass is 10.2. The van der Waals surface area contributed by atoms with Crippen molar-refractivity contribution in [3.05, 3.63) is 0 Å². The minimum absolute atomic E-state index is 0.177. The maximum absolute atomic E-state index is 5.77. The molecule has 1 aromatic rings. The number of methoxy groups -OCH3 is 1. The first-order chi connectivity index (χ1) is 9.64. The van der Waals surface area contributed by atoms with Crippen LogP contribution < -0.4 is 16.0 Å². The van der Waals surface area contributed by atoms with Crippen LogP contribution in [0.25, 0.3) is 0 Å². The molecule has 0 radical (unpaired) electrons. The van der Waals surface area contributed by atoms with Gasteiger partial charge in [-0.25, -0.2) is 0 Å². The molecule has 7 heteroatoms. The molecular formula is C13H26N6O. The fourth-order valence-corrected chi connectivity index (χ4v) is 2.02. The third-order valence-electron chi connectivity index (χ3n) is 3.03. The minimum Gasteiger partial charge on any atom is -0.383 e. The van der Waals surface area contributed by atoms with E-state index in [0.717, 1.165) is 25.9 Å². The molecule has 1 rings (SSSR count). The van der Waals surface area contributed by atoms with Crippen LogP contribution in [-0.2, 0) is 4.74 Å². The standard InChI is InChI=1S/C13H26N6O/c1-5-8-10(9-20-4)15-12-16-11(14)17-13(18-12)19(6-2)7-3/h10H,5-9H2,1-4H3,(H3,14,15,16,17,18). The van der Waals surface area contributed by atoms with Gasteiger partial charge in [-0.1, -0.05) is 13.3 Å². The normalized spacial score (nSPS) is 12.2. The van der Waals surface area contributed by atoms with Gasteiger partial charge in [-0.05, 0) is 20.3 Å². The number of aromatic nitrogens is 3. The number of nitrogens with two attached hydrogens (primary N) is 1. The second kappa shape index (κ2) is 8.52. The summed E-state index contributed by atoms with van der Waals surface area (Å²) >= 11 is 0. The molecule has 3 N–H and O–H groups in total. The van der Waals surface area contributed by atoms with Gasteiger partial charge in [-0.15, -0.1) is 0 Å². The van der Waals surface area contributed by atoms with E-state index < -0.39 is 0 Å². The molecule has 20 heavy (non-hydrogen) atoms. The zero-order valence-electron chi connectivity index (χ0n) is 12.9. The van der Waals surface area contributed by atoms with Crippen molar-refractivity contribution in [2.24, 2.45) is 0 Å². The Morgan fingerprint density at radius 1 is 1.20 bits per heavy atom. The summed E-state index contributed by atoms with van der Waals surface area (Å²) in [5.74, 6) is 1.35. The lowest BCUT2D eigenvalue weighted by Crippen LogP contribution is -2.28. The minimum atomic E-state index is 0.177. The molecule has 1 unspecified atom stereocenters. The van der Waals surface area contributed by atoms with Crippen LogP contribution in [0.2, 0.25) is 0 Å². The molecular weight excluding hydrogens is 256 g/mol. The summed E-state index contributed by atoms with van der Waals surface area (Å²) in [5.41, 5.74) is 5.77. The fourth-order valence-electron chi connectivity index (χ4n) is 2.02. The van der Waals surface area contributed by atoms with Crippen molar-refractivity contribution in [2.75, 3.05) is 42.8 Å². The quantitative estimate of drug-likeness (QED) is 0.710. The van der Waals surface area contributed by atoms with Crippen LogP contribution in [0.1, 0.15) is 33.6 Å². The van der Waals surface area contributed by atoms with Crippen molar-refractivity contribution in [1.29, 1.82) is 0 Å². The Morgan fingerprint density at radius 3 is 2.45 bits per heavy atom. The van der Waals surface area contributed by atoms with Crippen molar-refractivity contribution < 1.29 is 4.74 Å². The van der Waals surface area contributed by atoms with Crippen LogP contribution >= 0.6 is 0 Å². The number of rotatable bonds is 9. The summed E-state index contributed by atoms with van der Waals surface area (Å²) in [6.45, 7) is 8.52. The highest BCUT2D eigenvalue weighted by molar-refractivity contribution is 5.42. The van der Waals surface area contributed by atoms with Crippen molar-refractivity contribution in [1.82, 2.24) is 15.0 Å². The van der Waals surface area contributed by atoms with E-state index >= 15 is 0 Å². The van der Waals surface area contributed by atoms with E-state index in [1.54, 1.807) is 7.11 Å². The van der Waals surface area contributed by atoms with Crippen molar-refractivity contribution in [3.63, 3.8) is 0 Å². The van der Waals surface area contributed by atoms with Gasteiger partial charge >= 0.3 is 0 Å². The Hall–Kier alpha value is -1.63. The van der Waals surface area contributed by atoms with Gasteiger partial charge in [0.1, 0.15) is 0 Å². The van der Waals surface area contributed by atoms with Gasteiger partial charge in [-0.2, -0.15) is 15.0 Å². The Bertz CT molecular complexity index is 390. The van der Waals surface area contributed by atoms with Crippen LogP contribution in [0, 0.1) is 0 Å². The molecule has 0 aliphatic carbocycles. The molecule has 0 aromatic carbocycles. The number of nitrogen functional groups attached to an aromatic ring is 1. The van der Waals surface area contributed by atoms with Gasteiger partial charge in [0.2, 0.25) is 17.8 Å². The third-order valence-corrected chi connectivity index (χ3v) is 3.03.